The van der Waals surface area contributed by atoms with Crippen molar-refractivity contribution in [3.8, 4) is 0 Å². The Morgan fingerprint density at radius 2 is 2.12 bits per heavy atom. The molecule has 124 valence electrons. The lowest BCUT2D eigenvalue weighted by Gasteiger charge is -2.10. The first-order valence-electron chi connectivity index (χ1n) is 7.75. The fourth-order valence-corrected chi connectivity index (χ4v) is 3.88. The molecule has 2 atom stereocenters. The lowest BCUT2D eigenvalue weighted by atomic mass is 10.1. The van der Waals surface area contributed by atoms with E-state index in [-0.39, 0.29) is 23.9 Å². The SMILES string of the molecule is Cc1ccc(C2CC(NC(=O)c3cc4cc(F)ccc4[nH]3)NN2)s1. The van der Waals surface area contributed by atoms with Gasteiger partial charge in [0.25, 0.3) is 5.91 Å². The Balaban J connectivity index is 1.44. The van der Waals surface area contributed by atoms with Crippen LogP contribution in [0.3, 0.4) is 0 Å². The van der Waals surface area contributed by atoms with Gasteiger partial charge < -0.3 is 10.3 Å². The number of aryl methyl sites for hydroxylation is 1. The number of hydrogen-bond donors (Lipinski definition) is 4. The number of aromatic nitrogens is 1. The van der Waals surface area contributed by atoms with Crippen LogP contribution in [0.25, 0.3) is 10.9 Å². The number of fused-ring (bicyclic) bond motifs is 1. The van der Waals surface area contributed by atoms with Gasteiger partial charge in [0.15, 0.2) is 0 Å². The van der Waals surface area contributed by atoms with Crippen LogP contribution in [0.5, 0.6) is 0 Å². The summed E-state index contributed by atoms with van der Waals surface area (Å²) < 4.78 is 13.2. The van der Waals surface area contributed by atoms with E-state index in [1.54, 1.807) is 23.5 Å². The molecule has 1 aromatic carbocycles. The second kappa shape index (κ2) is 6.01. The first-order valence-corrected chi connectivity index (χ1v) is 8.57. The standard InChI is InChI=1S/C17H17FN4OS/c1-9-2-5-15(24-9)13-8-16(22-21-13)20-17(23)14-7-10-6-11(18)3-4-12(10)19-14/h2-7,13,16,19,21-22H,8H2,1H3,(H,20,23). The molecule has 3 heterocycles. The van der Waals surface area contributed by atoms with Gasteiger partial charge in [0.1, 0.15) is 11.5 Å². The maximum absolute atomic E-state index is 13.2. The lowest BCUT2D eigenvalue weighted by Crippen LogP contribution is -2.44. The highest BCUT2D eigenvalue weighted by Gasteiger charge is 2.27. The van der Waals surface area contributed by atoms with Gasteiger partial charge in [-0.1, -0.05) is 0 Å². The molecule has 3 aromatic rings. The van der Waals surface area contributed by atoms with Crippen molar-refractivity contribution >= 4 is 28.1 Å². The summed E-state index contributed by atoms with van der Waals surface area (Å²) in [5, 5.41) is 3.63. The van der Waals surface area contributed by atoms with Gasteiger partial charge >= 0.3 is 0 Å². The Kier molecular flexibility index (Phi) is 3.84. The molecule has 5 nitrogen and oxygen atoms in total. The Bertz CT molecular complexity index is 903. The van der Waals surface area contributed by atoms with Gasteiger partial charge in [-0.2, -0.15) is 0 Å². The monoisotopic (exact) mass is 344 g/mol. The van der Waals surface area contributed by atoms with E-state index in [0.29, 0.717) is 11.1 Å². The molecule has 1 fully saturated rings. The normalized spacial score (nSPS) is 20.6. The summed E-state index contributed by atoms with van der Waals surface area (Å²) in [6.07, 6.45) is 0.605. The molecule has 1 aliphatic heterocycles. The van der Waals surface area contributed by atoms with E-state index in [1.807, 2.05) is 0 Å². The molecule has 0 aliphatic carbocycles. The van der Waals surface area contributed by atoms with E-state index >= 15 is 0 Å². The molecule has 2 aromatic heterocycles. The van der Waals surface area contributed by atoms with Crippen LogP contribution >= 0.6 is 11.3 Å². The van der Waals surface area contributed by atoms with Crippen LogP contribution in [0.2, 0.25) is 0 Å². The van der Waals surface area contributed by atoms with Crippen molar-refractivity contribution in [1.29, 1.82) is 0 Å². The van der Waals surface area contributed by atoms with Crippen molar-refractivity contribution in [1.82, 2.24) is 21.2 Å². The van der Waals surface area contributed by atoms with E-state index in [2.05, 4.69) is 40.2 Å². The number of carbonyl (C=O) groups is 1. The summed E-state index contributed by atoms with van der Waals surface area (Å²) in [6.45, 7) is 2.08. The molecule has 0 spiro atoms. The topological polar surface area (TPSA) is 69.0 Å². The van der Waals surface area contributed by atoms with Crippen LogP contribution in [-0.2, 0) is 0 Å². The molecule has 0 saturated carbocycles. The number of thiophene rings is 1. The van der Waals surface area contributed by atoms with Gasteiger partial charge in [-0.15, -0.1) is 11.3 Å². The van der Waals surface area contributed by atoms with Gasteiger partial charge in [0.2, 0.25) is 0 Å². The quantitative estimate of drug-likeness (QED) is 0.590. The van der Waals surface area contributed by atoms with Crippen LogP contribution < -0.4 is 16.2 Å². The number of hydrogen-bond acceptors (Lipinski definition) is 4. The van der Waals surface area contributed by atoms with Gasteiger partial charge in [-0.25, -0.2) is 15.2 Å². The van der Waals surface area contributed by atoms with Gasteiger partial charge in [0, 0.05) is 27.1 Å². The van der Waals surface area contributed by atoms with Gasteiger partial charge in [-0.3, -0.25) is 4.79 Å². The number of aromatic amines is 1. The molecule has 4 N–H and O–H groups in total. The molecule has 1 amide bonds. The predicted molar refractivity (Wildman–Crippen MR) is 92.2 cm³/mol. The largest absolute Gasteiger partial charge is 0.351 e. The van der Waals surface area contributed by atoms with Crippen LogP contribution in [0, 0.1) is 12.7 Å². The fourth-order valence-electron chi connectivity index (χ4n) is 2.94. The molecule has 7 heteroatoms. The Morgan fingerprint density at radius 3 is 2.92 bits per heavy atom. The average Bonchev–Trinajstić information content (AvgIpc) is 3.25. The van der Waals surface area contributed by atoms with E-state index in [0.717, 1.165) is 11.9 Å². The molecule has 1 saturated heterocycles. The number of rotatable bonds is 3. The van der Waals surface area contributed by atoms with Crippen LogP contribution in [0.1, 0.15) is 32.7 Å². The number of benzene rings is 1. The van der Waals surface area contributed by atoms with Crippen molar-refractivity contribution in [3.63, 3.8) is 0 Å². The van der Waals surface area contributed by atoms with Crippen molar-refractivity contribution < 1.29 is 9.18 Å². The Hall–Kier alpha value is -2.22. The molecule has 0 bridgehead atoms. The number of amides is 1. The zero-order valence-electron chi connectivity index (χ0n) is 13.0. The van der Waals surface area contributed by atoms with E-state index in [1.165, 1.54) is 21.9 Å². The highest BCUT2D eigenvalue weighted by atomic mass is 32.1. The second-order valence-corrected chi connectivity index (χ2v) is 7.29. The number of halogens is 1. The third-order valence-corrected chi connectivity index (χ3v) is 5.25. The molecule has 24 heavy (non-hydrogen) atoms. The predicted octanol–water partition coefficient (Wildman–Crippen LogP) is 2.97. The number of carbonyl (C=O) groups excluding carboxylic acids is 1. The Morgan fingerprint density at radius 1 is 1.25 bits per heavy atom. The van der Waals surface area contributed by atoms with Gasteiger partial charge in [0.05, 0.1) is 12.2 Å². The molecular weight excluding hydrogens is 327 g/mol. The number of hydrazine groups is 1. The van der Waals surface area contributed by atoms with Crippen molar-refractivity contribution in [3.05, 3.63) is 57.7 Å². The fraction of sp³-hybridized carbons (Fsp3) is 0.235. The van der Waals surface area contributed by atoms with E-state index < -0.39 is 0 Å². The third kappa shape index (κ3) is 2.93. The second-order valence-electron chi connectivity index (χ2n) is 5.97. The summed E-state index contributed by atoms with van der Waals surface area (Å²) in [6, 6.07) is 10.5. The summed E-state index contributed by atoms with van der Waals surface area (Å²) in [4.78, 5) is 17.9. The van der Waals surface area contributed by atoms with Crippen molar-refractivity contribution in [2.45, 2.75) is 25.6 Å². The zero-order chi connectivity index (χ0) is 16.7. The molecular formula is C17H17FN4OS. The minimum atomic E-state index is -0.316. The number of H-pyrrole nitrogens is 1. The minimum absolute atomic E-state index is 0.159. The lowest BCUT2D eigenvalue weighted by molar-refractivity contribution is 0.0928. The highest BCUT2D eigenvalue weighted by Crippen LogP contribution is 2.27. The minimum Gasteiger partial charge on any atom is -0.351 e. The van der Waals surface area contributed by atoms with E-state index in [4.69, 9.17) is 0 Å². The van der Waals surface area contributed by atoms with Gasteiger partial charge in [-0.05, 0) is 43.3 Å². The maximum atomic E-state index is 13.2. The van der Waals surface area contributed by atoms with Crippen molar-refractivity contribution in [2.75, 3.05) is 0 Å². The highest BCUT2D eigenvalue weighted by molar-refractivity contribution is 7.12. The summed E-state index contributed by atoms with van der Waals surface area (Å²) >= 11 is 1.75. The maximum Gasteiger partial charge on any atom is 0.268 e. The average molecular weight is 344 g/mol. The molecule has 0 radical (unpaired) electrons. The Labute approximate surface area is 142 Å². The number of nitrogens with one attached hydrogen (secondary N) is 4. The third-order valence-electron chi connectivity index (χ3n) is 4.14. The van der Waals surface area contributed by atoms with E-state index in [9.17, 15) is 9.18 Å². The molecule has 4 rings (SSSR count). The summed E-state index contributed by atoms with van der Waals surface area (Å²) in [5.41, 5.74) is 7.49. The first kappa shape index (κ1) is 15.3. The first-order chi connectivity index (χ1) is 11.6. The molecule has 1 aliphatic rings. The van der Waals surface area contributed by atoms with Crippen LogP contribution in [-0.4, -0.2) is 17.1 Å². The smallest absolute Gasteiger partial charge is 0.268 e. The molecule has 2 unspecified atom stereocenters. The van der Waals surface area contributed by atoms with Crippen LogP contribution in [0.15, 0.2) is 36.4 Å². The summed E-state index contributed by atoms with van der Waals surface area (Å²) in [5.74, 6) is -0.530. The summed E-state index contributed by atoms with van der Waals surface area (Å²) in [7, 11) is 0. The van der Waals surface area contributed by atoms with Crippen LogP contribution in [0.4, 0.5) is 4.39 Å². The zero-order valence-corrected chi connectivity index (χ0v) is 13.8. The van der Waals surface area contributed by atoms with Crippen molar-refractivity contribution in [2.24, 2.45) is 0 Å².